The lowest BCUT2D eigenvalue weighted by Crippen LogP contribution is -2.50. The average molecular weight is 1600 g/mol. The van der Waals surface area contributed by atoms with Gasteiger partial charge in [0.2, 0.25) is 52.6 Å². The molecule has 8 rings (SSSR count). The van der Waals surface area contributed by atoms with Gasteiger partial charge in [0.25, 0.3) is 5.91 Å². The van der Waals surface area contributed by atoms with Gasteiger partial charge in [-0.15, -0.1) is 0 Å². The Morgan fingerprint density at radius 3 is 1.92 bits per heavy atom. The van der Waals surface area contributed by atoms with E-state index in [1.165, 1.54) is 10.8 Å². The molecule has 0 saturated carbocycles. The van der Waals surface area contributed by atoms with E-state index >= 15 is 0 Å². The zero-order valence-electron chi connectivity index (χ0n) is 63.8. The molecule has 600 valence electrons. The molecule has 0 bridgehead atoms. The molecule has 3 saturated heterocycles. The number of carbonyl (C=O) groups excluding carboxylic acids is 10. The number of benzene rings is 3. The minimum atomic E-state index is -5.00. The summed E-state index contributed by atoms with van der Waals surface area (Å²) in [5.74, 6) is -2.27. The highest BCUT2D eigenvalue weighted by Crippen LogP contribution is 2.43. The van der Waals surface area contributed by atoms with Crippen molar-refractivity contribution in [1.29, 1.82) is 0 Å². The highest BCUT2D eigenvalue weighted by Gasteiger charge is 2.42. The van der Waals surface area contributed by atoms with Crippen molar-refractivity contribution in [2.45, 2.75) is 184 Å². The fraction of sp³-hybridized carbons (Fsp3) is 0.564. The van der Waals surface area contributed by atoms with Gasteiger partial charge < -0.3 is 71.5 Å². The molecule has 28 nitrogen and oxygen atoms in total. The van der Waals surface area contributed by atoms with Crippen LogP contribution in [0, 0.1) is 0 Å². The molecule has 3 aromatic rings. The number of aromatic nitrogens is 1. The minimum Gasteiger partial charge on any atom is -0.748 e. The van der Waals surface area contributed by atoms with Crippen LogP contribution in [0.1, 0.15) is 160 Å². The number of hydrogen-bond acceptors (Lipinski definition) is 19. The molecule has 5 heterocycles. The summed E-state index contributed by atoms with van der Waals surface area (Å²) in [6, 6.07) is 23.3. The van der Waals surface area contributed by atoms with Crippen LogP contribution in [-0.4, -0.2) is 219 Å². The summed E-state index contributed by atoms with van der Waals surface area (Å²) in [4.78, 5) is 141. The van der Waals surface area contributed by atoms with Crippen molar-refractivity contribution >= 4 is 119 Å². The lowest BCUT2D eigenvalue weighted by atomic mass is 9.90. The molecular formula is C78H110N14O14S4. The molecule has 2 aromatic carbocycles. The molecule has 1 aliphatic carbocycles. The number of piperazine rings is 1. The highest BCUT2D eigenvalue weighted by atomic mass is 33.1. The fourth-order valence-electron chi connectivity index (χ4n) is 13.8. The van der Waals surface area contributed by atoms with Crippen molar-refractivity contribution < 1.29 is 65.3 Å². The number of thioether (sulfide) groups is 1. The van der Waals surface area contributed by atoms with Crippen LogP contribution in [0.15, 0.2) is 94.5 Å². The lowest BCUT2D eigenvalue weighted by molar-refractivity contribution is -0.133. The normalized spacial score (nSPS) is 15.9. The number of rotatable bonds is 47. The predicted octanol–water partition coefficient (Wildman–Crippen LogP) is 6.66. The molecule has 0 unspecified atom stereocenters. The summed E-state index contributed by atoms with van der Waals surface area (Å²) in [5, 5.41) is 28.3. The zero-order valence-corrected chi connectivity index (χ0v) is 67.1. The molecule has 110 heavy (non-hydrogen) atoms. The van der Waals surface area contributed by atoms with Gasteiger partial charge in [0.15, 0.2) is 0 Å². The molecule has 11 amide bonds. The molecular weight excluding hydrogens is 1490 g/mol. The first-order valence-corrected chi connectivity index (χ1v) is 43.9. The van der Waals surface area contributed by atoms with Gasteiger partial charge in [0.05, 0.1) is 34.0 Å². The predicted molar refractivity (Wildman–Crippen MR) is 430 cm³/mol. The van der Waals surface area contributed by atoms with E-state index in [2.05, 4.69) is 126 Å². The zero-order chi connectivity index (χ0) is 78.8. The van der Waals surface area contributed by atoms with Gasteiger partial charge in [-0.05, 0) is 158 Å². The summed E-state index contributed by atoms with van der Waals surface area (Å²) in [7, 11) is -1.93. The van der Waals surface area contributed by atoms with Crippen LogP contribution >= 0.6 is 33.3 Å². The molecule has 9 N–H and O–H groups in total. The van der Waals surface area contributed by atoms with Gasteiger partial charge in [-0.25, -0.2) is 22.8 Å². The summed E-state index contributed by atoms with van der Waals surface area (Å²) >= 11 is 1.85. The number of fused-ring (bicyclic) bond motifs is 3. The molecule has 32 heteroatoms. The number of urea groups is 1. The van der Waals surface area contributed by atoms with Crippen molar-refractivity contribution in [2.24, 2.45) is 0 Å². The number of carbonyl (C=O) groups is 10. The summed E-state index contributed by atoms with van der Waals surface area (Å²) < 4.78 is 44.8. The number of nitrogens with one attached hydrogen (secondary N) is 9. The second-order valence-corrected chi connectivity index (χ2v) is 32.8. The Bertz CT molecular complexity index is 4060. The summed E-state index contributed by atoms with van der Waals surface area (Å²) in [6.45, 7) is 14.4. The smallest absolute Gasteiger partial charge is 0.315 e. The van der Waals surface area contributed by atoms with E-state index in [4.69, 9.17) is 4.42 Å². The summed E-state index contributed by atoms with van der Waals surface area (Å²) in [5.41, 5.74) is 4.80. The Labute approximate surface area is 657 Å². The number of anilines is 1. The maximum absolute atomic E-state index is 14.6. The third-order valence-electron chi connectivity index (χ3n) is 19.8. The van der Waals surface area contributed by atoms with Crippen molar-refractivity contribution in [2.75, 3.05) is 107 Å². The van der Waals surface area contributed by atoms with Gasteiger partial charge >= 0.3 is 6.03 Å². The minimum absolute atomic E-state index is 0.00192. The average Bonchev–Trinajstić information content (AvgIpc) is 0.993. The number of pyridine rings is 1. The second kappa shape index (κ2) is 45.8. The van der Waals surface area contributed by atoms with E-state index in [-0.39, 0.29) is 119 Å². The van der Waals surface area contributed by atoms with E-state index in [0.717, 1.165) is 95.8 Å². The first kappa shape index (κ1) is 87.1. The number of hydrogen-bond donors (Lipinski definition) is 9. The molecule has 0 radical (unpaired) electrons. The molecule has 4 aliphatic heterocycles. The van der Waals surface area contributed by atoms with E-state index < -0.39 is 51.6 Å². The van der Waals surface area contributed by atoms with Crippen LogP contribution in [0.5, 0.6) is 0 Å². The monoisotopic (exact) mass is 1590 g/mol. The van der Waals surface area contributed by atoms with Crippen LogP contribution in [0.4, 0.5) is 10.5 Å². The Morgan fingerprint density at radius 2 is 1.24 bits per heavy atom. The maximum Gasteiger partial charge on any atom is 0.315 e. The van der Waals surface area contributed by atoms with Gasteiger partial charge in [-0.2, -0.15) is 11.8 Å². The highest BCUT2D eigenvalue weighted by molar-refractivity contribution is 8.76. The van der Waals surface area contributed by atoms with Crippen LogP contribution in [0.3, 0.4) is 0 Å². The van der Waals surface area contributed by atoms with Gasteiger partial charge in [-0.3, -0.25) is 43.2 Å². The largest absolute Gasteiger partial charge is 0.748 e. The first-order chi connectivity index (χ1) is 53.1. The van der Waals surface area contributed by atoms with Gasteiger partial charge in [-0.1, -0.05) is 41.5 Å². The Morgan fingerprint density at radius 1 is 0.636 bits per heavy atom. The maximum atomic E-state index is 14.6. The fourth-order valence-corrected chi connectivity index (χ4v) is 17.8. The second-order valence-electron chi connectivity index (χ2n) is 27.7. The molecule has 1 aromatic heterocycles. The number of unbranched alkanes of at least 4 members (excludes halogenated alkanes) is 6. The van der Waals surface area contributed by atoms with Crippen molar-refractivity contribution in [1.82, 2.24) is 67.2 Å². The third-order valence-corrected chi connectivity index (χ3v) is 24.3. The topological polar surface area (TPSA) is 375 Å². The van der Waals surface area contributed by atoms with Gasteiger partial charge in [0, 0.05) is 173 Å². The number of nitrogens with zero attached hydrogens (tertiary/aromatic N) is 5. The lowest BCUT2D eigenvalue weighted by Gasteiger charge is -2.35. The number of amides is 11. The van der Waals surface area contributed by atoms with Crippen molar-refractivity contribution in [3.8, 4) is 22.5 Å². The van der Waals surface area contributed by atoms with Crippen molar-refractivity contribution in [3.63, 3.8) is 0 Å². The van der Waals surface area contributed by atoms with E-state index in [9.17, 15) is 60.9 Å². The molecule has 0 spiro atoms. The quantitative estimate of drug-likeness (QED) is 0.00491. The molecule has 5 atom stereocenters. The third kappa shape index (κ3) is 28.1. The van der Waals surface area contributed by atoms with Crippen molar-refractivity contribution in [3.05, 3.63) is 96.0 Å². The molecule has 5 aliphatic rings. The Kier molecular flexibility index (Phi) is 36.2. The SMILES string of the molecule is CCN(CC)c1ccc2c(-c3ccccc3C(=O)N3CCN(C(=O)CCCCC(=O)N[C@@H](CS(=O)(=O)[O-])C(=O)NCCCCC(=O)N[C@@H](CCCCNC(=O)CCC(=O)NCCSSc4ccccn4)C(=O)NCCCCCNC(=O)CCCC[C@@H]4SC[C@@H]5NC(=O)N[C@@H]54)CC3)c3ccc(=[N+](CC)CC)cc-3oc2c1. The Hall–Kier alpha value is -8.46. The standard InChI is InChI=1S/C78H110N14O14S4/c1-5-89(6-2)54-33-35-58-63(50-54)106-64-51-55(90(7-3)8-4)34-36-59(64)73(58)56-24-10-11-25-57(56)77(101)92-47-45-91(46-48-92)72(98)32-15-14-29-70(97)86-62(53-110(103,104)105)76(100)84-43-22-17-30-69(96)85-60(26-16-21-40-80-67(94)37-38-68(95)81-44-49-108-109-71-31-18-23-41-82-71)75(99)83-42-20-9-19-39-79-66(93)28-13-12-27-65-74-61(52-107-65)87-78(102)88-74/h10-11,18,23-25,31,33-36,41,50-51,60-62,65,74H,5-9,12-17,19-22,26-30,32,37-40,42-49,52-53H2,1-4H3,(H9-,79,80,81,83,84,85,86,87,88,93,94,95,96,97,99,100,102,103,104,105)/t60-,61-,62-,65-,74-/m0/s1. The Balaban J connectivity index is 0.735. The van der Waals surface area contributed by atoms with Crippen LogP contribution in [0.25, 0.3) is 33.4 Å². The van der Waals surface area contributed by atoms with Crippen LogP contribution < -0.4 is 62.7 Å². The van der Waals surface area contributed by atoms with Crippen LogP contribution in [-0.2, 0) is 48.5 Å². The first-order valence-electron chi connectivity index (χ1n) is 38.9. The summed E-state index contributed by atoms with van der Waals surface area (Å²) in [6.07, 6.45) is 8.81. The van der Waals surface area contributed by atoms with Gasteiger partial charge in [0.1, 0.15) is 41.5 Å². The van der Waals surface area contributed by atoms with E-state index in [1.54, 1.807) is 26.8 Å². The van der Waals surface area contributed by atoms with E-state index in [0.29, 0.717) is 112 Å². The van der Waals surface area contributed by atoms with E-state index in [1.807, 2.05) is 54.2 Å². The molecule has 3 fully saturated rings. The van der Waals surface area contributed by atoms with Crippen LogP contribution in [0.2, 0.25) is 0 Å².